The number of carbonyl (C=O) groups excluding carboxylic acids is 2. The summed E-state index contributed by atoms with van der Waals surface area (Å²) in [6, 6.07) is 5.37. The van der Waals surface area contributed by atoms with Gasteiger partial charge in [-0.3, -0.25) is 19.7 Å². The lowest BCUT2D eigenvalue weighted by molar-refractivity contribution is -0.143. The second kappa shape index (κ2) is 7.49. The molecule has 2 aliphatic heterocycles. The van der Waals surface area contributed by atoms with Gasteiger partial charge in [0.25, 0.3) is 5.91 Å². The van der Waals surface area contributed by atoms with Crippen LogP contribution in [0.25, 0.3) is 0 Å². The van der Waals surface area contributed by atoms with Gasteiger partial charge in [-0.25, -0.2) is 4.99 Å². The maximum Gasteiger partial charge on any atom is 0.307 e. The van der Waals surface area contributed by atoms with Gasteiger partial charge in [0.1, 0.15) is 18.0 Å². The number of hydrogen-bond acceptors (Lipinski definition) is 6. The van der Waals surface area contributed by atoms with Crippen LogP contribution >= 0.6 is 0 Å². The predicted molar refractivity (Wildman–Crippen MR) is 99.2 cm³/mol. The number of aliphatic imine (C=N–C) groups is 1. The van der Waals surface area contributed by atoms with Crippen LogP contribution in [-0.4, -0.2) is 52.4 Å². The predicted octanol–water partition coefficient (Wildman–Crippen LogP) is 0.900. The number of para-hydroxylation sites is 1. The van der Waals surface area contributed by atoms with Gasteiger partial charge in [0, 0.05) is 18.2 Å². The first-order valence-corrected chi connectivity index (χ1v) is 9.44. The number of hydrogen-bond donors (Lipinski definition) is 3. The highest BCUT2D eigenvalue weighted by atomic mass is 16.5. The highest BCUT2D eigenvalue weighted by Crippen LogP contribution is 2.36. The van der Waals surface area contributed by atoms with E-state index >= 15 is 0 Å². The lowest BCUT2D eigenvalue weighted by Gasteiger charge is -2.26. The third-order valence-corrected chi connectivity index (χ3v) is 5.17. The zero-order valence-corrected chi connectivity index (χ0v) is 15.3. The molecule has 0 radical (unpaired) electrons. The van der Waals surface area contributed by atoms with Crippen LogP contribution in [0, 0.1) is 0 Å². The van der Waals surface area contributed by atoms with Gasteiger partial charge in [-0.15, -0.1) is 0 Å². The Labute approximate surface area is 161 Å². The van der Waals surface area contributed by atoms with E-state index in [4.69, 9.17) is 4.74 Å². The molecule has 9 heteroatoms. The summed E-state index contributed by atoms with van der Waals surface area (Å²) < 4.78 is 5.84. The van der Waals surface area contributed by atoms with Gasteiger partial charge in [-0.2, -0.15) is 0 Å². The number of nitrogens with zero attached hydrogens (tertiary/aromatic N) is 2. The Balaban J connectivity index is 1.56. The van der Waals surface area contributed by atoms with Crippen molar-refractivity contribution in [3.8, 4) is 5.75 Å². The van der Waals surface area contributed by atoms with Crippen molar-refractivity contribution >= 4 is 29.4 Å². The van der Waals surface area contributed by atoms with Crippen molar-refractivity contribution in [3.63, 3.8) is 0 Å². The van der Waals surface area contributed by atoms with E-state index < -0.39 is 24.4 Å². The van der Waals surface area contributed by atoms with Crippen LogP contribution in [-0.2, 0) is 20.9 Å². The first kappa shape index (κ1) is 18.3. The Morgan fingerprint density at radius 1 is 1.32 bits per heavy atom. The number of carbonyl (C=O) groups is 3. The Morgan fingerprint density at radius 3 is 2.86 bits per heavy atom. The van der Waals surface area contributed by atoms with Gasteiger partial charge in [-0.1, -0.05) is 25.0 Å². The zero-order valence-electron chi connectivity index (χ0n) is 15.3. The number of ether oxygens (including phenoxy) is 1. The molecule has 0 spiro atoms. The molecule has 9 nitrogen and oxygen atoms in total. The van der Waals surface area contributed by atoms with E-state index in [1.807, 2.05) is 11.0 Å². The van der Waals surface area contributed by atoms with E-state index in [0.717, 1.165) is 31.2 Å². The zero-order chi connectivity index (χ0) is 19.7. The molecule has 4 rings (SSSR count). The minimum atomic E-state index is -1.15. The molecule has 2 amide bonds. The second-order valence-corrected chi connectivity index (χ2v) is 7.30. The van der Waals surface area contributed by atoms with Crippen LogP contribution in [0.3, 0.4) is 0 Å². The van der Waals surface area contributed by atoms with Gasteiger partial charge in [-0.05, 0) is 18.9 Å². The van der Waals surface area contributed by atoms with Crippen molar-refractivity contribution < 1.29 is 24.2 Å². The maximum absolute atomic E-state index is 12.6. The molecular weight excluding hydrogens is 364 g/mol. The first-order valence-electron chi connectivity index (χ1n) is 9.44. The Hall–Kier alpha value is -3.10. The van der Waals surface area contributed by atoms with Crippen molar-refractivity contribution in [2.45, 2.75) is 50.8 Å². The minimum Gasteiger partial charge on any atom is -0.481 e. The monoisotopic (exact) mass is 386 g/mol. The summed E-state index contributed by atoms with van der Waals surface area (Å²) in [5.41, 5.74) is 1.36. The first-order chi connectivity index (χ1) is 13.5. The SMILES string of the molecule is O=C(O)CC(Oc1cccc2c1N=C1NC(=O)CN1C2)C(=O)NC1CCCC1. The summed E-state index contributed by atoms with van der Waals surface area (Å²) in [5, 5.41) is 14.8. The Bertz CT molecular complexity index is 847. The molecule has 1 aromatic rings. The smallest absolute Gasteiger partial charge is 0.307 e. The summed E-state index contributed by atoms with van der Waals surface area (Å²) >= 11 is 0. The number of amides is 2. The lowest BCUT2D eigenvalue weighted by atomic mass is 10.1. The number of benzene rings is 1. The van der Waals surface area contributed by atoms with E-state index in [2.05, 4.69) is 15.6 Å². The van der Waals surface area contributed by atoms with Gasteiger partial charge >= 0.3 is 5.97 Å². The summed E-state index contributed by atoms with van der Waals surface area (Å²) in [5.74, 6) is -0.894. The topological polar surface area (TPSA) is 120 Å². The number of fused-ring (bicyclic) bond motifs is 2. The molecule has 1 aromatic carbocycles. The molecule has 2 heterocycles. The molecule has 1 unspecified atom stereocenters. The van der Waals surface area contributed by atoms with Crippen LogP contribution in [0.15, 0.2) is 23.2 Å². The fourth-order valence-electron chi connectivity index (χ4n) is 3.81. The third-order valence-electron chi connectivity index (χ3n) is 5.17. The van der Waals surface area contributed by atoms with Crippen LogP contribution < -0.4 is 15.4 Å². The summed E-state index contributed by atoms with van der Waals surface area (Å²) in [4.78, 5) is 41.8. The van der Waals surface area contributed by atoms with E-state index in [1.54, 1.807) is 12.1 Å². The van der Waals surface area contributed by atoms with Crippen molar-refractivity contribution in [1.29, 1.82) is 0 Å². The third kappa shape index (κ3) is 3.78. The number of carboxylic acids is 1. The van der Waals surface area contributed by atoms with E-state index in [1.165, 1.54) is 0 Å². The second-order valence-electron chi connectivity index (χ2n) is 7.30. The molecule has 2 fully saturated rings. The molecule has 3 aliphatic rings. The minimum absolute atomic E-state index is 0.0691. The number of carboxylic acid groups (broad SMARTS) is 1. The van der Waals surface area contributed by atoms with Gasteiger partial charge in [0.05, 0.1) is 6.42 Å². The molecule has 1 saturated heterocycles. The molecule has 0 bridgehead atoms. The highest BCUT2D eigenvalue weighted by molar-refractivity contribution is 6.06. The van der Waals surface area contributed by atoms with E-state index in [0.29, 0.717) is 23.9 Å². The lowest BCUT2D eigenvalue weighted by Crippen LogP contribution is -2.44. The molecule has 1 atom stereocenters. The van der Waals surface area contributed by atoms with Crippen LogP contribution in [0.1, 0.15) is 37.7 Å². The molecule has 3 N–H and O–H groups in total. The fraction of sp³-hybridized carbons (Fsp3) is 0.474. The number of rotatable bonds is 6. The van der Waals surface area contributed by atoms with Crippen LogP contribution in [0.2, 0.25) is 0 Å². The molecular formula is C19H22N4O5. The summed E-state index contributed by atoms with van der Waals surface area (Å²) in [7, 11) is 0. The molecule has 148 valence electrons. The maximum atomic E-state index is 12.6. The normalized spacial score (nSPS) is 19.4. The quantitative estimate of drug-likeness (QED) is 0.668. The van der Waals surface area contributed by atoms with Crippen molar-refractivity contribution in [3.05, 3.63) is 23.8 Å². The van der Waals surface area contributed by atoms with Gasteiger partial charge in [0.2, 0.25) is 11.9 Å². The van der Waals surface area contributed by atoms with Crippen molar-refractivity contribution in [2.24, 2.45) is 4.99 Å². The molecule has 1 aliphatic carbocycles. The van der Waals surface area contributed by atoms with Crippen molar-refractivity contribution in [2.75, 3.05) is 6.54 Å². The largest absolute Gasteiger partial charge is 0.481 e. The summed E-state index contributed by atoms with van der Waals surface area (Å²) in [6.07, 6.45) is 2.32. The van der Waals surface area contributed by atoms with Gasteiger partial charge in [0.15, 0.2) is 6.10 Å². The number of nitrogens with one attached hydrogen (secondary N) is 2. The van der Waals surface area contributed by atoms with Crippen molar-refractivity contribution in [1.82, 2.24) is 15.5 Å². The fourth-order valence-corrected chi connectivity index (χ4v) is 3.81. The molecule has 1 saturated carbocycles. The van der Waals surface area contributed by atoms with Crippen LogP contribution in [0.4, 0.5) is 5.69 Å². The average Bonchev–Trinajstić information content (AvgIpc) is 3.27. The average molecular weight is 386 g/mol. The van der Waals surface area contributed by atoms with Gasteiger partial charge < -0.3 is 20.1 Å². The number of aliphatic carboxylic acids is 1. The molecule has 0 aromatic heterocycles. The Morgan fingerprint density at radius 2 is 2.11 bits per heavy atom. The van der Waals surface area contributed by atoms with E-state index in [-0.39, 0.29) is 18.5 Å². The van der Waals surface area contributed by atoms with Crippen LogP contribution in [0.5, 0.6) is 5.75 Å². The van der Waals surface area contributed by atoms with E-state index in [9.17, 15) is 19.5 Å². The Kier molecular flexibility index (Phi) is 4.89. The summed E-state index contributed by atoms with van der Waals surface area (Å²) in [6.45, 7) is 0.733. The molecule has 28 heavy (non-hydrogen) atoms. The number of guanidine groups is 1. The standard InChI is InChI=1S/C19H22N4O5/c24-15-10-23-9-11-4-3-7-13(17(11)22-19(23)21-15)28-14(8-16(25)26)18(27)20-12-5-1-2-6-12/h3-4,7,12,14H,1-2,5-6,8-10H2,(H,20,27)(H,25,26)(H,21,22,24). The highest BCUT2D eigenvalue weighted by Gasteiger charge is 2.32.